The molecule has 0 aliphatic carbocycles. The average molecular weight is 347 g/mol. The zero-order valence-electron chi connectivity index (χ0n) is 12.7. The lowest BCUT2D eigenvalue weighted by Crippen LogP contribution is -2.13. The second kappa shape index (κ2) is 6.68. The number of halogens is 3. The average Bonchev–Trinajstić information content (AvgIpc) is 3.25. The Kier molecular flexibility index (Phi) is 4.42. The van der Waals surface area contributed by atoms with Gasteiger partial charge < -0.3 is 9.73 Å². The summed E-state index contributed by atoms with van der Waals surface area (Å²) >= 11 is 0. The molecule has 2 aromatic heterocycles. The molecule has 0 fully saturated rings. The van der Waals surface area contributed by atoms with Gasteiger partial charge in [0, 0.05) is 11.8 Å². The van der Waals surface area contributed by atoms with Crippen LogP contribution in [-0.4, -0.2) is 15.7 Å². The van der Waals surface area contributed by atoms with E-state index in [0.717, 1.165) is 16.9 Å². The van der Waals surface area contributed by atoms with E-state index in [1.807, 2.05) is 0 Å². The molecule has 0 spiro atoms. The highest BCUT2D eigenvalue weighted by molar-refractivity contribution is 6.01. The molecule has 0 radical (unpaired) electrons. The van der Waals surface area contributed by atoms with Crippen LogP contribution in [0.4, 0.5) is 18.9 Å². The molecule has 3 aromatic rings. The van der Waals surface area contributed by atoms with Gasteiger partial charge in [0.15, 0.2) is 0 Å². The number of hydrogen-bond acceptors (Lipinski definition) is 3. The first-order valence-corrected chi connectivity index (χ1v) is 7.18. The van der Waals surface area contributed by atoms with Crippen LogP contribution < -0.4 is 5.32 Å². The van der Waals surface area contributed by atoms with Crippen molar-refractivity contribution in [3.63, 3.8) is 0 Å². The normalized spacial score (nSPS) is 11.8. The molecule has 0 saturated carbocycles. The van der Waals surface area contributed by atoms with E-state index in [-0.39, 0.29) is 11.6 Å². The maximum absolute atomic E-state index is 12.9. The minimum Gasteiger partial charge on any atom is -0.465 e. The van der Waals surface area contributed by atoms with Gasteiger partial charge in [-0.15, -0.1) is 0 Å². The van der Waals surface area contributed by atoms with Gasteiger partial charge in [-0.25, -0.2) is 4.68 Å². The fourth-order valence-corrected chi connectivity index (χ4v) is 2.14. The number of aromatic nitrogens is 2. The molecule has 5 nitrogen and oxygen atoms in total. The standard InChI is InChI=1S/C17H12F3N3O2/c18-17(19,20)15-9-10-21-23(15)13-5-3-12(4-6-13)22-16(24)8-7-14-2-1-11-25-14/h1-11H,(H,22,24). The van der Waals surface area contributed by atoms with Crippen LogP contribution in [0.3, 0.4) is 0 Å². The van der Waals surface area contributed by atoms with Crippen LogP contribution in [0.25, 0.3) is 11.8 Å². The maximum atomic E-state index is 12.9. The zero-order chi connectivity index (χ0) is 17.9. The largest absolute Gasteiger partial charge is 0.465 e. The van der Waals surface area contributed by atoms with Crippen molar-refractivity contribution in [3.8, 4) is 5.69 Å². The van der Waals surface area contributed by atoms with Crippen molar-refractivity contribution in [1.29, 1.82) is 0 Å². The number of benzene rings is 1. The molecule has 0 aliphatic rings. The van der Waals surface area contributed by atoms with E-state index in [4.69, 9.17) is 4.42 Å². The molecular weight excluding hydrogens is 335 g/mol. The smallest absolute Gasteiger partial charge is 0.433 e. The number of anilines is 1. The molecule has 0 aliphatic heterocycles. The number of amides is 1. The first-order valence-electron chi connectivity index (χ1n) is 7.18. The van der Waals surface area contributed by atoms with Gasteiger partial charge in [-0.2, -0.15) is 18.3 Å². The summed E-state index contributed by atoms with van der Waals surface area (Å²) in [7, 11) is 0. The Balaban J connectivity index is 1.71. The summed E-state index contributed by atoms with van der Waals surface area (Å²) in [5.41, 5.74) is -0.189. The number of nitrogens with zero attached hydrogens (tertiary/aromatic N) is 2. The third-order valence-corrected chi connectivity index (χ3v) is 3.25. The predicted octanol–water partition coefficient (Wildman–Crippen LogP) is 4.14. The second-order valence-corrected chi connectivity index (χ2v) is 5.01. The summed E-state index contributed by atoms with van der Waals surface area (Å²) in [5, 5.41) is 6.29. The summed E-state index contributed by atoms with van der Waals surface area (Å²) in [4.78, 5) is 11.8. The number of furan rings is 1. The van der Waals surface area contributed by atoms with Crippen LogP contribution in [0.15, 0.2) is 65.4 Å². The highest BCUT2D eigenvalue weighted by Gasteiger charge is 2.35. The summed E-state index contributed by atoms with van der Waals surface area (Å²) in [5.74, 6) is 0.142. The number of carbonyl (C=O) groups is 1. The number of hydrogen-bond donors (Lipinski definition) is 1. The lowest BCUT2D eigenvalue weighted by Gasteiger charge is -2.11. The highest BCUT2D eigenvalue weighted by atomic mass is 19.4. The Morgan fingerprint density at radius 3 is 2.56 bits per heavy atom. The van der Waals surface area contributed by atoms with Gasteiger partial charge in [-0.1, -0.05) is 0 Å². The molecule has 3 rings (SSSR count). The van der Waals surface area contributed by atoms with Crippen molar-refractivity contribution < 1.29 is 22.4 Å². The summed E-state index contributed by atoms with van der Waals surface area (Å²) in [6.07, 6.45) is 0.865. The number of alkyl halides is 3. The van der Waals surface area contributed by atoms with Crippen LogP contribution >= 0.6 is 0 Å². The molecule has 1 N–H and O–H groups in total. The van der Waals surface area contributed by atoms with Crippen molar-refractivity contribution >= 4 is 17.7 Å². The van der Waals surface area contributed by atoms with Gasteiger partial charge in [-0.3, -0.25) is 4.79 Å². The van der Waals surface area contributed by atoms with Gasteiger partial charge in [0.1, 0.15) is 11.5 Å². The Morgan fingerprint density at radius 1 is 1.16 bits per heavy atom. The molecule has 25 heavy (non-hydrogen) atoms. The van der Waals surface area contributed by atoms with E-state index < -0.39 is 11.9 Å². The molecule has 0 unspecified atom stereocenters. The fraction of sp³-hybridized carbons (Fsp3) is 0.0588. The zero-order valence-corrected chi connectivity index (χ0v) is 12.7. The van der Waals surface area contributed by atoms with Crippen molar-refractivity contribution in [2.24, 2.45) is 0 Å². The topological polar surface area (TPSA) is 60.1 Å². The van der Waals surface area contributed by atoms with Gasteiger partial charge in [-0.05, 0) is 48.5 Å². The maximum Gasteiger partial charge on any atom is 0.433 e. The lowest BCUT2D eigenvalue weighted by molar-refractivity contribution is -0.142. The molecule has 1 amide bonds. The first kappa shape index (κ1) is 16.6. The Bertz CT molecular complexity index is 879. The molecule has 128 valence electrons. The summed E-state index contributed by atoms with van der Waals surface area (Å²) in [6, 6.07) is 10.2. The van der Waals surface area contributed by atoms with Crippen LogP contribution in [0.5, 0.6) is 0 Å². The van der Waals surface area contributed by atoms with E-state index in [0.29, 0.717) is 11.4 Å². The fourth-order valence-electron chi connectivity index (χ4n) is 2.14. The van der Waals surface area contributed by atoms with E-state index in [2.05, 4.69) is 10.4 Å². The van der Waals surface area contributed by atoms with Crippen molar-refractivity contribution in [3.05, 3.63) is 72.5 Å². The third-order valence-electron chi connectivity index (χ3n) is 3.25. The van der Waals surface area contributed by atoms with Crippen LogP contribution in [0.2, 0.25) is 0 Å². The third kappa shape index (κ3) is 3.97. The molecular formula is C17H12F3N3O2. The molecule has 0 atom stereocenters. The van der Waals surface area contributed by atoms with Crippen molar-refractivity contribution in [2.45, 2.75) is 6.18 Å². The number of rotatable bonds is 4. The van der Waals surface area contributed by atoms with Gasteiger partial charge in [0.2, 0.25) is 5.91 Å². The molecule has 0 bridgehead atoms. The minimum absolute atomic E-state index is 0.237. The SMILES string of the molecule is O=C(C=Cc1ccco1)Nc1ccc(-n2nccc2C(F)(F)F)cc1. The summed E-state index contributed by atoms with van der Waals surface area (Å²) in [6.45, 7) is 0. The van der Waals surface area contributed by atoms with Crippen LogP contribution in [0, 0.1) is 0 Å². The second-order valence-electron chi connectivity index (χ2n) is 5.01. The van der Waals surface area contributed by atoms with Gasteiger partial charge >= 0.3 is 6.18 Å². The van der Waals surface area contributed by atoms with Crippen molar-refractivity contribution in [1.82, 2.24) is 9.78 Å². The van der Waals surface area contributed by atoms with E-state index in [1.54, 1.807) is 12.1 Å². The molecule has 2 heterocycles. The molecule has 1 aromatic carbocycles. The minimum atomic E-state index is -4.50. The monoisotopic (exact) mass is 347 g/mol. The van der Waals surface area contributed by atoms with Gasteiger partial charge in [0.25, 0.3) is 0 Å². The predicted molar refractivity (Wildman–Crippen MR) is 84.9 cm³/mol. The lowest BCUT2D eigenvalue weighted by atomic mass is 10.2. The Hall–Kier alpha value is -3.29. The van der Waals surface area contributed by atoms with Crippen LogP contribution in [-0.2, 0) is 11.0 Å². The van der Waals surface area contributed by atoms with E-state index >= 15 is 0 Å². The number of nitrogens with one attached hydrogen (secondary N) is 1. The quantitative estimate of drug-likeness (QED) is 0.722. The number of carbonyl (C=O) groups excluding carboxylic acids is 1. The van der Waals surface area contributed by atoms with Gasteiger partial charge in [0.05, 0.1) is 18.1 Å². The van der Waals surface area contributed by atoms with Crippen LogP contribution in [0.1, 0.15) is 11.5 Å². The van der Waals surface area contributed by atoms with E-state index in [1.165, 1.54) is 42.7 Å². The Morgan fingerprint density at radius 2 is 1.92 bits per heavy atom. The summed E-state index contributed by atoms with van der Waals surface area (Å²) < 4.78 is 44.5. The first-order chi connectivity index (χ1) is 11.9. The Labute approximate surface area is 140 Å². The molecule has 0 saturated heterocycles. The highest BCUT2D eigenvalue weighted by Crippen LogP contribution is 2.30. The van der Waals surface area contributed by atoms with Crippen molar-refractivity contribution in [2.75, 3.05) is 5.32 Å². The van der Waals surface area contributed by atoms with E-state index in [9.17, 15) is 18.0 Å². The molecule has 8 heteroatoms.